The van der Waals surface area contributed by atoms with E-state index in [9.17, 15) is 13.2 Å². The van der Waals surface area contributed by atoms with E-state index < -0.39 is 15.9 Å². The van der Waals surface area contributed by atoms with Gasteiger partial charge in [0.2, 0.25) is 5.91 Å². The van der Waals surface area contributed by atoms with Crippen LogP contribution in [0, 0.1) is 0 Å². The summed E-state index contributed by atoms with van der Waals surface area (Å²) in [4.78, 5) is 20.5. The molecule has 140 valence electrons. The summed E-state index contributed by atoms with van der Waals surface area (Å²) in [6.45, 7) is 2.83. The highest BCUT2D eigenvalue weighted by molar-refractivity contribution is 7.89. The van der Waals surface area contributed by atoms with E-state index in [1.807, 2.05) is 0 Å². The summed E-state index contributed by atoms with van der Waals surface area (Å²) in [5.74, 6) is -0.505. The van der Waals surface area contributed by atoms with Crippen LogP contribution in [-0.4, -0.2) is 45.6 Å². The van der Waals surface area contributed by atoms with Gasteiger partial charge in [-0.15, -0.1) is 16.2 Å². The second-order valence-corrected chi connectivity index (χ2v) is 8.46. The number of ether oxygens (including phenoxy) is 1. The largest absolute Gasteiger partial charge is 0.378 e. The van der Waals surface area contributed by atoms with E-state index in [1.165, 1.54) is 29.5 Å². The lowest BCUT2D eigenvalue weighted by atomic mass is 10.3. The van der Waals surface area contributed by atoms with Crippen LogP contribution >= 0.6 is 22.9 Å². The molecule has 8 nitrogen and oxygen atoms in total. The molecule has 0 unspecified atom stereocenters. The van der Waals surface area contributed by atoms with Crippen LogP contribution in [0.15, 0.2) is 34.5 Å². The monoisotopic (exact) mass is 416 g/mol. The summed E-state index contributed by atoms with van der Waals surface area (Å²) < 4.78 is 29.6. The van der Waals surface area contributed by atoms with E-state index in [-0.39, 0.29) is 16.3 Å². The maximum absolute atomic E-state index is 12.1. The third-order valence-corrected chi connectivity index (χ3v) is 6.02. The summed E-state index contributed by atoms with van der Waals surface area (Å²) in [6, 6.07) is 5.76. The zero-order chi connectivity index (χ0) is 18.6. The number of hydrazine groups is 1. The minimum atomic E-state index is -3.89. The Bertz CT molecular complexity index is 881. The number of nitrogens with one attached hydrogen (secondary N) is 2. The first kappa shape index (κ1) is 19.1. The van der Waals surface area contributed by atoms with Crippen LogP contribution in [0.1, 0.15) is 5.69 Å². The lowest BCUT2D eigenvalue weighted by Gasteiger charge is -2.26. The Morgan fingerprint density at radius 3 is 2.85 bits per heavy atom. The van der Waals surface area contributed by atoms with Crippen LogP contribution in [-0.2, 0) is 26.0 Å². The van der Waals surface area contributed by atoms with Crippen LogP contribution in [0.5, 0.6) is 0 Å². The number of hydrogen-bond donors (Lipinski definition) is 2. The fourth-order valence-corrected chi connectivity index (χ4v) is 4.34. The molecule has 0 radical (unpaired) electrons. The molecule has 3 rings (SSSR count). The van der Waals surface area contributed by atoms with Crippen molar-refractivity contribution in [3.8, 4) is 0 Å². The molecule has 1 aliphatic heterocycles. The Hall–Kier alpha value is -1.72. The molecule has 1 saturated heterocycles. The molecule has 26 heavy (non-hydrogen) atoms. The van der Waals surface area contributed by atoms with Gasteiger partial charge in [-0.3, -0.25) is 10.2 Å². The number of morpholine rings is 1. The molecule has 2 aromatic rings. The molecule has 2 heterocycles. The quantitative estimate of drug-likeness (QED) is 0.686. The highest BCUT2D eigenvalue weighted by Gasteiger charge is 2.18. The van der Waals surface area contributed by atoms with Crippen molar-refractivity contribution >= 4 is 44.0 Å². The summed E-state index contributed by atoms with van der Waals surface area (Å²) in [5.41, 5.74) is 2.77. The number of sulfonamides is 1. The van der Waals surface area contributed by atoms with Gasteiger partial charge in [0.05, 0.1) is 30.2 Å². The number of carbonyl (C=O) groups excluding carboxylic acids is 1. The minimum Gasteiger partial charge on any atom is -0.378 e. The Morgan fingerprint density at radius 2 is 2.12 bits per heavy atom. The highest BCUT2D eigenvalue weighted by Crippen LogP contribution is 2.21. The van der Waals surface area contributed by atoms with Gasteiger partial charge < -0.3 is 9.64 Å². The van der Waals surface area contributed by atoms with E-state index in [0.29, 0.717) is 18.9 Å². The van der Waals surface area contributed by atoms with Crippen molar-refractivity contribution in [2.75, 3.05) is 31.2 Å². The predicted octanol–water partition coefficient (Wildman–Crippen LogP) is 1.19. The zero-order valence-electron chi connectivity index (χ0n) is 13.6. The number of hydrogen-bond acceptors (Lipinski definition) is 7. The van der Waals surface area contributed by atoms with Crippen molar-refractivity contribution < 1.29 is 17.9 Å². The summed E-state index contributed by atoms with van der Waals surface area (Å²) in [7, 11) is -3.89. The number of amides is 1. The fourth-order valence-electron chi connectivity index (χ4n) is 2.30. The molecular weight excluding hydrogens is 400 g/mol. The lowest BCUT2D eigenvalue weighted by molar-refractivity contribution is -0.120. The van der Waals surface area contributed by atoms with Gasteiger partial charge in [-0.2, -0.15) is 0 Å². The van der Waals surface area contributed by atoms with Crippen LogP contribution in [0.25, 0.3) is 0 Å². The number of carbonyl (C=O) groups is 1. The third-order valence-electron chi connectivity index (χ3n) is 3.59. The van der Waals surface area contributed by atoms with E-state index in [1.54, 1.807) is 11.4 Å². The SMILES string of the molecule is O=C(Cc1csc(N2CCOCC2)n1)NNS(=O)(=O)c1cccc(Cl)c1. The predicted molar refractivity (Wildman–Crippen MR) is 98.8 cm³/mol. The molecule has 11 heteroatoms. The smallest absolute Gasteiger partial charge is 0.257 e. The van der Waals surface area contributed by atoms with Crippen LogP contribution in [0.3, 0.4) is 0 Å². The van der Waals surface area contributed by atoms with Gasteiger partial charge in [0.25, 0.3) is 10.0 Å². The first-order chi connectivity index (χ1) is 12.4. The van der Waals surface area contributed by atoms with Gasteiger partial charge in [0, 0.05) is 23.5 Å². The number of aromatic nitrogens is 1. The van der Waals surface area contributed by atoms with Gasteiger partial charge in [0.15, 0.2) is 5.13 Å². The maximum Gasteiger partial charge on any atom is 0.257 e. The first-order valence-corrected chi connectivity index (χ1v) is 10.5. The Kier molecular flexibility index (Phi) is 6.09. The van der Waals surface area contributed by atoms with Crippen LogP contribution < -0.4 is 15.2 Å². The maximum atomic E-state index is 12.1. The van der Waals surface area contributed by atoms with Gasteiger partial charge in [0.1, 0.15) is 0 Å². The molecule has 1 fully saturated rings. The first-order valence-electron chi connectivity index (χ1n) is 7.77. The number of thiazole rings is 1. The average Bonchev–Trinajstić information content (AvgIpc) is 3.09. The Labute approximate surface area is 160 Å². The van der Waals surface area contributed by atoms with Gasteiger partial charge >= 0.3 is 0 Å². The molecule has 1 aliphatic rings. The standard InChI is InChI=1S/C15H17ClN4O4S2/c16-11-2-1-3-13(8-11)26(22,23)19-18-14(21)9-12-10-25-15(17-12)20-4-6-24-7-5-20/h1-3,8,10,19H,4-7,9H2,(H,18,21). The van der Waals surface area contributed by atoms with Crippen molar-refractivity contribution in [3.05, 3.63) is 40.4 Å². The molecule has 1 aromatic heterocycles. The van der Waals surface area contributed by atoms with E-state index >= 15 is 0 Å². The second-order valence-electron chi connectivity index (χ2n) is 5.51. The summed E-state index contributed by atoms with van der Waals surface area (Å²) >= 11 is 7.23. The third kappa shape index (κ3) is 4.92. The van der Waals surface area contributed by atoms with Gasteiger partial charge in [-0.05, 0) is 18.2 Å². The summed E-state index contributed by atoms with van der Waals surface area (Å²) in [6.07, 6.45) is -0.0289. The normalized spacial score (nSPS) is 15.0. The average molecular weight is 417 g/mol. The van der Waals surface area contributed by atoms with Crippen LogP contribution in [0.2, 0.25) is 5.02 Å². The minimum absolute atomic E-state index is 0.0289. The Balaban J connectivity index is 1.55. The van der Waals surface area contributed by atoms with E-state index in [0.717, 1.165) is 18.2 Å². The van der Waals surface area contributed by atoms with Gasteiger partial charge in [-0.25, -0.2) is 13.4 Å². The molecule has 2 N–H and O–H groups in total. The van der Waals surface area contributed by atoms with Crippen molar-refractivity contribution in [2.24, 2.45) is 0 Å². The number of halogens is 1. The lowest BCUT2D eigenvalue weighted by Crippen LogP contribution is -2.42. The number of rotatable bonds is 6. The molecule has 1 amide bonds. The summed E-state index contributed by atoms with van der Waals surface area (Å²) in [5, 5.41) is 2.91. The zero-order valence-corrected chi connectivity index (χ0v) is 16.0. The van der Waals surface area contributed by atoms with Crippen LogP contribution in [0.4, 0.5) is 5.13 Å². The van der Waals surface area contributed by atoms with Gasteiger partial charge in [-0.1, -0.05) is 17.7 Å². The fraction of sp³-hybridized carbons (Fsp3) is 0.333. The second kappa shape index (κ2) is 8.31. The molecule has 1 aromatic carbocycles. The highest BCUT2D eigenvalue weighted by atomic mass is 35.5. The molecule has 0 spiro atoms. The van der Waals surface area contributed by atoms with Crippen molar-refractivity contribution in [1.29, 1.82) is 0 Å². The number of nitrogens with zero attached hydrogens (tertiary/aromatic N) is 2. The topological polar surface area (TPSA) is 101 Å². The van der Waals surface area contributed by atoms with Crippen molar-refractivity contribution in [2.45, 2.75) is 11.3 Å². The molecule has 0 bridgehead atoms. The van der Waals surface area contributed by atoms with E-state index in [2.05, 4.69) is 20.1 Å². The molecule has 0 atom stereocenters. The van der Waals surface area contributed by atoms with E-state index in [4.69, 9.17) is 16.3 Å². The van der Waals surface area contributed by atoms with Crippen molar-refractivity contribution in [3.63, 3.8) is 0 Å². The number of benzene rings is 1. The molecule has 0 saturated carbocycles. The molecule has 0 aliphatic carbocycles. The van der Waals surface area contributed by atoms with Crippen molar-refractivity contribution in [1.82, 2.24) is 15.2 Å². The number of anilines is 1. The molecular formula is C15H17ClN4O4S2. The Morgan fingerprint density at radius 1 is 1.35 bits per heavy atom.